The zero-order chi connectivity index (χ0) is 12.4. The van der Waals surface area contributed by atoms with Crippen molar-refractivity contribution >= 4 is 33.6 Å². The molecule has 0 aliphatic carbocycles. The van der Waals surface area contributed by atoms with Gasteiger partial charge < -0.3 is 4.90 Å². The molecule has 0 spiro atoms. The third kappa shape index (κ3) is 3.05. The van der Waals surface area contributed by atoms with Crippen LogP contribution in [-0.4, -0.2) is 35.4 Å². The fourth-order valence-electron chi connectivity index (χ4n) is 2.06. The molecule has 2 nitrogen and oxygen atoms in total. The number of nitrogens with zero attached hydrogens (tertiary/aromatic N) is 1. The van der Waals surface area contributed by atoms with Crippen molar-refractivity contribution in [2.75, 3.05) is 18.6 Å². The summed E-state index contributed by atoms with van der Waals surface area (Å²) in [5.74, 6) is 2.36. The molecule has 2 rings (SSSR count). The Hall–Kier alpha value is -0.480. The first-order valence-corrected chi connectivity index (χ1v) is 7.65. The Labute approximate surface area is 115 Å². The Kier molecular flexibility index (Phi) is 4.15. The van der Waals surface area contributed by atoms with E-state index in [1.807, 2.05) is 48.8 Å². The average molecular weight is 314 g/mol. The normalized spacial score (nSPS) is 19.4. The van der Waals surface area contributed by atoms with Gasteiger partial charge in [0.15, 0.2) is 0 Å². The van der Waals surface area contributed by atoms with Gasteiger partial charge in [0.25, 0.3) is 5.91 Å². The van der Waals surface area contributed by atoms with Crippen molar-refractivity contribution in [1.82, 2.24) is 4.90 Å². The van der Waals surface area contributed by atoms with Crippen LogP contribution in [0.15, 0.2) is 22.7 Å². The Bertz CT molecular complexity index is 409. The van der Waals surface area contributed by atoms with Gasteiger partial charge in [-0.05, 0) is 42.9 Å². The maximum atomic E-state index is 12.3. The van der Waals surface area contributed by atoms with E-state index in [9.17, 15) is 4.79 Å². The second-order valence-electron chi connectivity index (χ2n) is 4.45. The molecule has 0 aromatic heterocycles. The van der Waals surface area contributed by atoms with E-state index in [1.165, 1.54) is 5.75 Å². The van der Waals surface area contributed by atoms with Gasteiger partial charge in [-0.1, -0.05) is 15.9 Å². The summed E-state index contributed by atoms with van der Waals surface area (Å²) in [4.78, 5) is 14.2. The second-order valence-corrected chi connectivity index (χ2v) is 6.52. The summed E-state index contributed by atoms with van der Waals surface area (Å²) in [6.07, 6.45) is 1.11. The summed E-state index contributed by atoms with van der Waals surface area (Å²) in [5.41, 5.74) is 1.88. The van der Waals surface area contributed by atoms with E-state index >= 15 is 0 Å². The van der Waals surface area contributed by atoms with Crippen LogP contribution in [0, 0.1) is 6.92 Å². The van der Waals surface area contributed by atoms with Gasteiger partial charge in [-0.15, -0.1) is 0 Å². The van der Waals surface area contributed by atoms with Crippen LogP contribution < -0.4 is 0 Å². The summed E-state index contributed by atoms with van der Waals surface area (Å²) >= 11 is 5.37. The molecule has 1 aromatic carbocycles. The maximum absolute atomic E-state index is 12.3. The molecule has 1 aliphatic rings. The Morgan fingerprint density at radius 1 is 1.47 bits per heavy atom. The summed E-state index contributed by atoms with van der Waals surface area (Å²) < 4.78 is 0.968. The topological polar surface area (TPSA) is 20.3 Å². The lowest BCUT2D eigenvalue weighted by atomic mass is 10.1. The Morgan fingerprint density at radius 2 is 2.24 bits per heavy atom. The molecule has 0 saturated carbocycles. The van der Waals surface area contributed by atoms with Crippen LogP contribution in [-0.2, 0) is 0 Å². The molecule has 0 N–H and O–H groups in total. The molecule has 1 unspecified atom stereocenters. The molecule has 17 heavy (non-hydrogen) atoms. The lowest BCUT2D eigenvalue weighted by Crippen LogP contribution is -2.37. The molecule has 1 aliphatic heterocycles. The van der Waals surface area contributed by atoms with E-state index in [4.69, 9.17) is 0 Å². The third-order valence-corrected chi connectivity index (χ3v) is 4.67. The van der Waals surface area contributed by atoms with E-state index < -0.39 is 0 Å². The van der Waals surface area contributed by atoms with Crippen molar-refractivity contribution in [2.45, 2.75) is 19.4 Å². The third-order valence-electron chi connectivity index (χ3n) is 3.06. The van der Waals surface area contributed by atoms with E-state index in [2.05, 4.69) is 15.9 Å². The zero-order valence-electron chi connectivity index (χ0n) is 10.1. The monoisotopic (exact) mass is 313 g/mol. The zero-order valence-corrected chi connectivity index (χ0v) is 12.5. The van der Waals surface area contributed by atoms with Crippen molar-refractivity contribution < 1.29 is 4.79 Å². The summed E-state index contributed by atoms with van der Waals surface area (Å²) in [6.45, 7) is 2.01. The molecule has 1 aromatic rings. The minimum Gasteiger partial charge on any atom is -0.338 e. The standard InChI is InChI=1S/C13H16BrNOS/c1-9-5-10(7-11(14)6-9)13(16)15(2)12-3-4-17-8-12/h5-7,12H,3-4,8H2,1-2H3. The van der Waals surface area contributed by atoms with Gasteiger partial charge in [0, 0.05) is 28.9 Å². The van der Waals surface area contributed by atoms with Crippen LogP contribution in [0.3, 0.4) is 0 Å². The van der Waals surface area contributed by atoms with Gasteiger partial charge in [-0.25, -0.2) is 0 Å². The van der Waals surface area contributed by atoms with E-state index in [1.54, 1.807) is 0 Å². The molecule has 0 radical (unpaired) electrons. The first-order valence-electron chi connectivity index (χ1n) is 5.70. The van der Waals surface area contributed by atoms with Gasteiger partial charge in [-0.2, -0.15) is 11.8 Å². The number of rotatable bonds is 2. The Balaban J connectivity index is 2.17. The van der Waals surface area contributed by atoms with Gasteiger partial charge in [0.1, 0.15) is 0 Å². The average Bonchev–Trinajstić information content (AvgIpc) is 2.79. The lowest BCUT2D eigenvalue weighted by molar-refractivity contribution is 0.0747. The predicted octanol–water partition coefficient (Wildman–Crippen LogP) is 3.34. The summed E-state index contributed by atoms with van der Waals surface area (Å²) in [5, 5.41) is 0. The van der Waals surface area contributed by atoms with Crippen molar-refractivity contribution in [2.24, 2.45) is 0 Å². The number of thioether (sulfide) groups is 1. The second kappa shape index (κ2) is 5.44. The number of amides is 1. The van der Waals surface area contributed by atoms with Crippen LogP contribution in [0.1, 0.15) is 22.3 Å². The molecule has 0 bridgehead atoms. The number of carbonyl (C=O) groups excluding carboxylic acids is 1. The summed E-state index contributed by atoms with van der Waals surface area (Å²) in [6, 6.07) is 6.26. The van der Waals surface area contributed by atoms with Crippen LogP contribution in [0.5, 0.6) is 0 Å². The van der Waals surface area contributed by atoms with E-state index in [0.29, 0.717) is 6.04 Å². The molecule has 1 saturated heterocycles. The van der Waals surface area contributed by atoms with Crippen molar-refractivity contribution in [1.29, 1.82) is 0 Å². The molecule has 1 atom stereocenters. The quantitative estimate of drug-likeness (QED) is 0.834. The van der Waals surface area contributed by atoms with Crippen molar-refractivity contribution in [3.8, 4) is 0 Å². The first-order chi connectivity index (χ1) is 8.08. The number of benzene rings is 1. The fourth-order valence-corrected chi connectivity index (χ4v) is 3.93. The minimum atomic E-state index is 0.127. The number of halogens is 1. The minimum absolute atomic E-state index is 0.127. The number of hydrogen-bond donors (Lipinski definition) is 0. The van der Waals surface area contributed by atoms with Crippen molar-refractivity contribution in [3.63, 3.8) is 0 Å². The van der Waals surface area contributed by atoms with Crippen LogP contribution >= 0.6 is 27.7 Å². The highest BCUT2D eigenvalue weighted by Gasteiger charge is 2.24. The molecule has 1 heterocycles. The molecular weight excluding hydrogens is 298 g/mol. The fraction of sp³-hybridized carbons (Fsp3) is 0.462. The van der Waals surface area contributed by atoms with E-state index in [0.717, 1.165) is 27.8 Å². The van der Waals surface area contributed by atoms with Crippen LogP contribution in [0.2, 0.25) is 0 Å². The molecular formula is C13H16BrNOS. The first kappa shape index (κ1) is 13.0. The highest BCUT2D eigenvalue weighted by Crippen LogP contribution is 2.23. The highest BCUT2D eigenvalue weighted by molar-refractivity contribution is 9.10. The maximum Gasteiger partial charge on any atom is 0.253 e. The summed E-state index contributed by atoms with van der Waals surface area (Å²) in [7, 11) is 1.91. The van der Waals surface area contributed by atoms with Gasteiger partial charge in [-0.3, -0.25) is 4.79 Å². The number of carbonyl (C=O) groups is 1. The highest BCUT2D eigenvalue weighted by atomic mass is 79.9. The molecule has 1 fully saturated rings. The van der Waals surface area contributed by atoms with Gasteiger partial charge >= 0.3 is 0 Å². The molecule has 1 amide bonds. The Morgan fingerprint density at radius 3 is 2.82 bits per heavy atom. The number of aryl methyl sites for hydroxylation is 1. The van der Waals surface area contributed by atoms with E-state index in [-0.39, 0.29) is 5.91 Å². The number of hydrogen-bond acceptors (Lipinski definition) is 2. The largest absolute Gasteiger partial charge is 0.338 e. The van der Waals surface area contributed by atoms with Gasteiger partial charge in [0.2, 0.25) is 0 Å². The lowest BCUT2D eigenvalue weighted by Gasteiger charge is -2.24. The smallest absolute Gasteiger partial charge is 0.253 e. The van der Waals surface area contributed by atoms with Crippen molar-refractivity contribution in [3.05, 3.63) is 33.8 Å². The molecule has 4 heteroatoms. The predicted molar refractivity (Wildman–Crippen MR) is 76.7 cm³/mol. The van der Waals surface area contributed by atoms with Crippen LogP contribution in [0.25, 0.3) is 0 Å². The van der Waals surface area contributed by atoms with Gasteiger partial charge in [0.05, 0.1) is 0 Å². The molecule has 92 valence electrons. The SMILES string of the molecule is Cc1cc(Br)cc(C(=O)N(C)C2CCSC2)c1. The van der Waals surface area contributed by atoms with Crippen LogP contribution in [0.4, 0.5) is 0 Å².